The van der Waals surface area contributed by atoms with Crippen LogP contribution in [0, 0.1) is 10.8 Å². The minimum atomic E-state index is -0.351. The molecule has 0 rings (SSSR count). The smallest absolute Gasteiger partial charge is 0.407 e. The Morgan fingerprint density at radius 3 is 2.00 bits per heavy atom. The Morgan fingerprint density at radius 2 is 1.73 bits per heavy atom. The summed E-state index contributed by atoms with van der Waals surface area (Å²) in [7, 11) is 1.40. The molecule has 0 aromatic carbocycles. The Hall–Kier alpha value is -0.730. The number of rotatable bonds is 3. The van der Waals surface area contributed by atoms with Gasteiger partial charge in [0.05, 0.1) is 7.11 Å². The Balaban J connectivity index is 4.83. The van der Waals surface area contributed by atoms with Gasteiger partial charge in [0.2, 0.25) is 0 Å². The summed E-state index contributed by atoms with van der Waals surface area (Å²) in [5.74, 6) is 0. The number of hydrogen-bond acceptors (Lipinski definition) is 2. The second-order valence-corrected chi connectivity index (χ2v) is 5.78. The lowest BCUT2D eigenvalue weighted by Gasteiger charge is -2.42. The molecule has 0 fully saturated rings. The molecule has 0 saturated carbocycles. The van der Waals surface area contributed by atoms with E-state index >= 15 is 0 Å². The first-order valence-electron chi connectivity index (χ1n) is 5.49. The number of hydrogen-bond donors (Lipinski definition) is 1. The molecule has 3 heteroatoms. The number of ether oxygens (including phenoxy) is 1. The molecule has 0 aliphatic carbocycles. The molecule has 1 unspecified atom stereocenters. The van der Waals surface area contributed by atoms with Crippen molar-refractivity contribution in [3.8, 4) is 0 Å². The lowest BCUT2D eigenvalue weighted by atomic mass is 9.69. The van der Waals surface area contributed by atoms with Gasteiger partial charge in [-0.1, -0.05) is 41.5 Å². The second-order valence-electron chi connectivity index (χ2n) is 5.78. The maximum atomic E-state index is 11.3. The summed E-state index contributed by atoms with van der Waals surface area (Å²) >= 11 is 0. The molecule has 0 bridgehead atoms. The molecule has 1 amide bonds. The van der Waals surface area contributed by atoms with Gasteiger partial charge in [-0.05, 0) is 17.3 Å². The van der Waals surface area contributed by atoms with Gasteiger partial charge >= 0.3 is 6.09 Å². The zero-order valence-electron chi connectivity index (χ0n) is 11.1. The second kappa shape index (κ2) is 4.86. The predicted octanol–water partition coefficient (Wildman–Crippen LogP) is 3.19. The molecule has 1 N–H and O–H groups in total. The first-order valence-corrected chi connectivity index (χ1v) is 5.49. The van der Waals surface area contributed by atoms with Crippen LogP contribution in [-0.2, 0) is 4.74 Å². The number of carbonyl (C=O) groups is 1. The van der Waals surface area contributed by atoms with Crippen LogP contribution in [0.3, 0.4) is 0 Å². The first-order chi connectivity index (χ1) is 6.65. The number of nitrogens with one attached hydrogen (secondary N) is 1. The largest absolute Gasteiger partial charge is 0.453 e. The lowest BCUT2D eigenvalue weighted by Crippen LogP contribution is -2.52. The SMILES string of the molecule is CCC(C)(C)C(NC(=O)OC)C(C)(C)C. The molecule has 0 radical (unpaired) electrons. The van der Waals surface area contributed by atoms with Crippen LogP contribution in [0.4, 0.5) is 4.79 Å². The van der Waals surface area contributed by atoms with Crippen molar-refractivity contribution in [1.29, 1.82) is 0 Å². The van der Waals surface area contributed by atoms with E-state index in [0.717, 1.165) is 6.42 Å². The maximum absolute atomic E-state index is 11.3. The third kappa shape index (κ3) is 4.10. The highest BCUT2D eigenvalue weighted by Gasteiger charge is 2.38. The molecule has 0 aliphatic rings. The summed E-state index contributed by atoms with van der Waals surface area (Å²) in [6.07, 6.45) is 0.662. The van der Waals surface area contributed by atoms with Crippen molar-refractivity contribution in [2.75, 3.05) is 7.11 Å². The van der Waals surface area contributed by atoms with Crippen molar-refractivity contribution in [2.45, 2.75) is 54.0 Å². The van der Waals surface area contributed by atoms with E-state index in [9.17, 15) is 4.79 Å². The van der Waals surface area contributed by atoms with Gasteiger partial charge in [-0.25, -0.2) is 4.79 Å². The van der Waals surface area contributed by atoms with Crippen molar-refractivity contribution >= 4 is 6.09 Å². The molecular formula is C12H25NO2. The van der Waals surface area contributed by atoms with Crippen LogP contribution in [0.15, 0.2) is 0 Å². The minimum absolute atomic E-state index is 0.0215. The molecule has 0 aromatic heterocycles. The van der Waals surface area contributed by atoms with Gasteiger partial charge < -0.3 is 10.1 Å². The van der Waals surface area contributed by atoms with E-state index in [0.29, 0.717) is 0 Å². The Morgan fingerprint density at radius 1 is 1.27 bits per heavy atom. The molecule has 0 saturated heterocycles. The van der Waals surface area contributed by atoms with Crippen LogP contribution in [0.2, 0.25) is 0 Å². The fourth-order valence-corrected chi connectivity index (χ4v) is 1.96. The Bertz CT molecular complexity index is 216. The fraction of sp³-hybridized carbons (Fsp3) is 0.917. The molecule has 3 nitrogen and oxygen atoms in total. The van der Waals surface area contributed by atoms with Crippen LogP contribution in [0.1, 0.15) is 48.0 Å². The normalized spacial score (nSPS) is 14.6. The number of alkyl carbamates (subject to hydrolysis) is 1. The predicted molar refractivity (Wildman–Crippen MR) is 62.9 cm³/mol. The van der Waals surface area contributed by atoms with E-state index < -0.39 is 0 Å². The van der Waals surface area contributed by atoms with Crippen molar-refractivity contribution < 1.29 is 9.53 Å². The van der Waals surface area contributed by atoms with Gasteiger partial charge in [-0.3, -0.25) is 0 Å². The van der Waals surface area contributed by atoms with Crippen molar-refractivity contribution in [2.24, 2.45) is 10.8 Å². The fourth-order valence-electron chi connectivity index (χ4n) is 1.96. The summed E-state index contributed by atoms with van der Waals surface area (Å²) < 4.78 is 4.67. The van der Waals surface area contributed by atoms with E-state index in [2.05, 4.69) is 51.6 Å². The summed E-state index contributed by atoms with van der Waals surface area (Å²) in [6.45, 7) is 12.9. The van der Waals surface area contributed by atoms with Crippen LogP contribution in [-0.4, -0.2) is 19.2 Å². The molecule has 1 atom stereocenters. The zero-order chi connectivity index (χ0) is 12.3. The minimum Gasteiger partial charge on any atom is -0.453 e. The summed E-state index contributed by atoms with van der Waals surface area (Å²) in [4.78, 5) is 11.3. The van der Waals surface area contributed by atoms with Crippen molar-refractivity contribution in [1.82, 2.24) is 5.32 Å². The average Bonchev–Trinajstić information content (AvgIpc) is 2.11. The van der Waals surface area contributed by atoms with Crippen LogP contribution in [0.25, 0.3) is 0 Å². The summed E-state index contributed by atoms with van der Waals surface area (Å²) in [5, 5.41) is 2.94. The van der Waals surface area contributed by atoms with Gasteiger partial charge in [0.15, 0.2) is 0 Å². The Labute approximate surface area is 93.6 Å². The van der Waals surface area contributed by atoms with E-state index in [4.69, 9.17) is 0 Å². The average molecular weight is 215 g/mol. The third-order valence-electron chi connectivity index (χ3n) is 3.01. The Kier molecular flexibility index (Phi) is 4.63. The van der Waals surface area contributed by atoms with E-state index in [-0.39, 0.29) is 23.0 Å². The van der Waals surface area contributed by atoms with Crippen molar-refractivity contribution in [3.05, 3.63) is 0 Å². The molecule has 0 heterocycles. The number of carbonyl (C=O) groups excluding carboxylic acids is 1. The third-order valence-corrected chi connectivity index (χ3v) is 3.01. The van der Waals surface area contributed by atoms with Gasteiger partial charge in [0.25, 0.3) is 0 Å². The maximum Gasteiger partial charge on any atom is 0.407 e. The van der Waals surface area contributed by atoms with Crippen LogP contribution >= 0.6 is 0 Å². The zero-order valence-corrected chi connectivity index (χ0v) is 11.1. The molecule has 0 spiro atoms. The van der Waals surface area contributed by atoms with Gasteiger partial charge in [0, 0.05) is 6.04 Å². The topological polar surface area (TPSA) is 38.3 Å². The molecule has 15 heavy (non-hydrogen) atoms. The van der Waals surface area contributed by atoms with E-state index in [1.807, 2.05) is 0 Å². The van der Waals surface area contributed by atoms with Crippen molar-refractivity contribution in [3.63, 3.8) is 0 Å². The summed E-state index contributed by atoms with van der Waals surface area (Å²) in [6, 6.07) is 0.0995. The van der Waals surface area contributed by atoms with Gasteiger partial charge in [-0.2, -0.15) is 0 Å². The molecule has 0 aromatic rings. The van der Waals surface area contributed by atoms with Crippen LogP contribution < -0.4 is 5.32 Å². The van der Waals surface area contributed by atoms with Crippen LogP contribution in [0.5, 0.6) is 0 Å². The number of methoxy groups -OCH3 is 1. The number of amides is 1. The molecule has 90 valence electrons. The highest BCUT2D eigenvalue weighted by atomic mass is 16.5. The standard InChI is InChI=1S/C12H25NO2/c1-8-12(5,6)9(11(2,3)4)13-10(14)15-7/h9H,8H2,1-7H3,(H,13,14). The molecule has 0 aliphatic heterocycles. The highest BCUT2D eigenvalue weighted by molar-refractivity contribution is 5.67. The molecular weight excluding hydrogens is 190 g/mol. The van der Waals surface area contributed by atoms with Gasteiger partial charge in [0.1, 0.15) is 0 Å². The van der Waals surface area contributed by atoms with E-state index in [1.54, 1.807) is 0 Å². The quantitative estimate of drug-likeness (QED) is 0.785. The summed E-state index contributed by atoms with van der Waals surface area (Å²) in [5.41, 5.74) is 0.0835. The van der Waals surface area contributed by atoms with Gasteiger partial charge in [-0.15, -0.1) is 0 Å². The van der Waals surface area contributed by atoms with E-state index in [1.165, 1.54) is 7.11 Å². The highest BCUT2D eigenvalue weighted by Crippen LogP contribution is 2.36. The lowest BCUT2D eigenvalue weighted by molar-refractivity contribution is 0.101. The monoisotopic (exact) mass is 215 g/mol. The first kappa shape index (κ1) is 14.3.